The van der Waals surface area contributed by atoms with E-state index in [1.54, 1.807) is 7.11 Å². The number of hydrogen-bond acceptors (Lipinski definition) is 4. The van der Waals surface area contributed by atoms with Gasteiger partial charge in [-0.2, -0.15) is 0 Å². The van der Waals surface area contributed by atoms with E-state index in [1.165, 1.54) is 6.07 Å². The fraction of sp³-hybridized carbons (Fsp3) is 0.650. The summed E-state index contributed by atoms with van der Waals surface area (Å²) in [6.45, 7) is 6.73. The number of benzene rings is 1. The lowest BCUT2D eigenvalue weighted by molar-refractivity contribution is 0.00989. The van der Waals surface area contributed by atoms with E-state index in [4.69, 9.17) is 14.2 Å². The Morgan fingerprint density at radius 2 is 1.96 bits per heavy atom. The third-order valence-corrected chi connectivity index (χ3v) is 4.44. The van der Waals surface area contributed by atoms with Gasteiger partial charge >= 0.3 is 0 Å². The molecule has 6 nitrogen and oxygen atoms in total. The highest BCUT2D eigenvalue weighted by Crippen LogP contribution is 2.16. The normalized spacial score (nSPS) is 15.7. The molecule has 158 valence electrons. The lowest BCUT2D eigenvalue weighted by Gasteiger charge is -2.34. The number of guanidine groups is 1. The smallest absolute Gasteiger partial charge is 0.194 e. The Hall–Kier alpha value is -1.93. The number of methoxy groups -OCH3 is 1. The minimum absolute atomic E-state index is 0.285. The predicted molar refractivity (Wildman–Crippen MR) is 105 cm³/mol. The highest BCUT2D eigenvalue weighted by molar-refractivity contribution is 5.80. The summed E-state index contributed by atoms with van der Waals surface area (Å²) in [5.74, 6) is -0.660. The average molecular weight is 399 g/mol. The summed E-state index contributed by atoms with van der Waals surface area (Å²) in [5.41, 5.74) is 0. The average Bonchev–Trinajstić information content (AvgIpc) is 2.71. The molecule has 1 fully saturated rings. The molecule has 0 radical (unpaired) electrons. The summed E-state index contributed by atoms with van der Waals surface area (Å²) in [4.78, 5) is 6.80. The summed E-state index contributed by atoms with van der Waals surface area (Å²) in [5, 5.41) is 3.30. The van der Waals surface area contributed by atoms with Gasteiger partial charge in [-0.25, -0.2) is 13.8 Å². The standard InChI is InChI=1S/C20H31F2N3O3/c1-3-23-20(24-9-14-28-17-5-6-18(21)19(22)15-17)25-10-7-16(8-11-25)27-13-4-12-26-2/h5-6,15-16H,3-4,7-14H2,1-2H3,(H,23,24). The van der Waals surface area contributed by atoms with Gasteiger partial charge in [-0.3, -0.25) is 0 Å². The second kappa shape index (κ2) is 12.5. The molecular weight excluding hydrogens is 368 g/mol. The highest BCUT2D eigenvalue weighted by Gasteiger charge is 2.21. The van der Waals surface area contributed by atoms with E-state index in [0.29, 0.717) is 18.9 Å². The summed E-state index contributed by atoms with van der Waals surface area (Å²) >= 11 is 0. The van der Waals surface area contributed by atoms with Crippen LogP contribution < -0.4 is 10.1 Å². The predicted octanol–water partition coefficient (Wildman–Crippen LogP) is 2.83. The summed E-state index contributed by atoms with van der Waals surface area (Å²) in [6.07, 6.45) is 3.12. The maximum atomic E-state index is 13.2. The third-order valence-electron chi connectivity index (χ3n) is 4.44. The van der Waals surface area contributed by atoms with Crippen LogP contribution in [0.3, 0.4) is 0 Å². The van der Waals surface area contributed by atoms with Gasteiger partial charge in [-0.05, 0) is 38.3 Å². The number of hydrogen-bond donors (Lipinski definition) is 1. The first-order valence-corrected chi connectivity index (χ1v) is 9.85. The molecule has 0 unspecified atom stereocenters. The molecule has 0 aliphatic carbocycles. The van der Waals surface area contributed by atoms with E-state index < -0.39 is 11.6 Å². The van der Waals surface area contributed by atoms with Gasteiger partial charge < -0.3 is 24.4 Å². The Balaban J connectivity index is 1.75. The third kappa shape index (κ3) is 7.59. The number of aliphatic imine (C=N–C) groups is 1. The van der Waals surface area contributed by atoms with E-state index in [0.717, 1.165) is 70.2 Å². The minimum Gasteiger partial charge on any atom is -0.492 e. The first-order valence-electron chi connectivity index (χ1n) is 9.85. The van der Waals surface area contributed by atoms with Gasteiger partial charge in [-0.1, -0.05) is 0 Å². The van der Waals surface area contributed by atoms with Crippen LogP contribution in [0.2, 0.25) is 0 Å². The monoisotopic (exact) mass is 399 g/mol. The van der Waals surface area contributed by atoms with Crippen molar-refractivity contribution in [2.24, 2.45) is 4.99 Å². The molecule has 1 aromatic rings. The Labute approximate surface area is 165 Å². The van der Waals surface area contributed by atoms with Crippen LogP contribution in [0.25, 0.3) is 0 Å². The van der Waals surface area contributed by atoms with Crippen molar-refractivity contribution in [3.05, 3.63) is 29.8 Å². The molecule has 0 bridgehead atoms. The van der Waals surface area contributed by atoms with Crippen LogP contribution in [-0.2, 0) is 9.47 Å². The number of piperidine rings is 1. The molecule has 1 aliphatic rings. The van der Waals surface area contributed by atoms with Crippen molar-refractivity contribution in [2.75, 3.05) is 53.1 Å². The van der Waals surface area contributed by atoms with Crippen molar-refractivity contribution >= 4 is 5.96 Å². The SMILES string of the molecule is CCNC(=NCCOc1ccc(F)c(F)c1)N1CCC(OCCCOC)CC1. The number of rotatable bonds is 10. The van der Waals surface area contributed by atoms with E-state index in [2.05, 4.69) is 15.2 Å². The molecule has 1 saturated heterocycles. The minimum atomic E-state index is -0.915. The first kappa shape index (κ1) is 22.4. The van der Waals surface area contributed by atoms with Crippen LogP contribution in [0, 0.1) is 11.6 Å². The zero-order valence-electron chi connectivity index (χ0n) is 16.8. The van der Waals surface area contributed by atoms with E-state index in [-0.39, 0.29) is 6.10 Å². The van der Waals surface area contributed by atoms with Crippen LogP contribution in [-0.4, -0.2) is 70.1 Å². The van der Waals surface area contributed by atoms with Gasteiger partial charge in [-0.15, -0.1) is 0 Å². The highest BCUT2D eigenvalue weighted by atomic mass is 19.2. The quantitative estimate of drug-likeness (QED) is 0.373. The Morgan fingerprint density at radius 1 is 1.18 bits per heavy atom. The first-order chi connectivity index (χ1) is 13.6. The fourth-order valence-corrected chi connectivity index (χ4v) is 3.00. The van der Waals surface area contributed by atoms with Gasteiger partial charge in [0.05, 0.1) is 12.6 Å². The van der Waals surface area contributed by atoms with Gasteiger partial charge in [0.1, 0.15) is 12.4 Å². The number of nitrogens with one attached hydrogen (secondary N) is 1. The molecule has 1 aliphatic heterocycles. The van der Waals surface area contributed by atoms with Gasteiger partial charge in [0.15, 0.2) is 17.6 Å². The summed E-state index contributed by atoms with van der Waals surface area (Å²) in [6, 6.07) is 3.51. The van der Waals surface area contributed by atoms with Crippen molar-refractivity contribution < 1.29 is 23.0 Å². The molecule has 2 rings (SSSR count). The summed E-state index contributed by atoms with van der Waals surface area (Å²) < 4.78 is 42.5. The van der Waals surface area contributed by atoms with Crippen molar-refractivity contribution in [2.45, 2.75) is 32.3 Å². The van der Waals surface area contributed by atoms with Crippen molar-refractivity contribution in [1.82, 2.24) is 10.2 Å². The van der Waals surface area contributed by atoms with Gasteiger partial charge in [0, 0.05) is 46.0 Å². The molecule has 8 heteroatoms. The second-order valence-electron chi connectivity index (χ2n) is 6.56. The van der Waals surface area contributed by atoms with Crippen LogP contribution in [0.4, 0.5) is 8.78 Å². The largest absolute Gasteiger partial charge is 0.492 e. The van der Waals surface area contributed by atoms with Crippen LogP contribution in [0.1, 0.15) is 26.2 Å². The van der Waals surface area contributed by atoms with E-state index >= 15 is 0 Å². The molecule has 0 atom stereocenters. The maximum absolute atomic E-state index is 13.2. The number of likely N-dealkylation sites (tertiary alicyclic amines) is 1. The molecule has 0 spiro atoms. The number of ether oxygens (including phenoxy) is 3. The molecule has 28 heavy (non-hydrogen) atoms. The van der Waals surface area contributed by atoms with Crippen LogP contribution >= 0.6 is 0 Å². The van der Waals surface area contributed by atoms with Crippen molar-refractivity contribution in [1.29, 1.82) is 0 Å². The molecule has 1 heterocycles. The fourth-order valence-electron chi connectivity index (χ4n) is 3.00. The van der Waals surface area contributed by atoms with E-state index in [9.17, 15) is 8.78 Å². The molecule has 0 amide bonds. The van der Waals surface area contributed by atoms with E-state index in [1.807, 2.05) is 6.92 Å². The lowest BCUT2D eigenvalue weighted by atomic mass is 10.1. The van der Waals surface area contributed by atoms with Crippen molar-refractivity contribution in [3.8, 4) is 5.75 Å². The molecule has 1 aromatic carbocycles. The number of halogens is 2. The molecule has 0 aromatic heterocycles. The molecular formula is C20H31F2N3O3. The zero-order chi connectivity index (χ0) is 20.2. The molecule has 1 N–H and O–H groups in total. The number of nitrogens with zero attached hydrogens (tertiary/aromatic N) is 2. The molecule has 0 saturated carbocycles. The van der Waals surface area contributed by atoms with Crippen molar-refractivity contribution in [3.63, 3.8) is 0 Å². The Kier molecular flexibility index (Phi) is 9.99. The second-order valence-corrected chi connectivity index (χ2v) is 6.56. The van der Waals surface area contributed by atoms with Gasteiger partial charge in [0.2, 0.25) is 0 Å². The lowest BCUT2D eigenvalue weighted by Crippen LogP contribution is -2.47. The van der Waals surface area contributed by atoms with Crippen LogP contribution in [0.15, 0.2) is 23.2 Å². The summed E-state index contributed by atoms with van der Waals surface area (Å²) in [7, 11) is 1.70. The zero-order valence-corrected chi connectivity index (χ0v) is 16.8. The topological polar surface area (TPSA) is 55.3 Å². The maximum Gasteiger partial charge on any atom is 0.194 e. The van der Waals surface area contributed by atoms with Crippen LogP contribution in [0.5, 0.6) is 5.75 Å². The van der Waals surface area contributed by atoms with Gasteiger partial charge in [0.25, 0.3) is 0 Å². The Bertz CT molecular complexity index is 608. The Morgan fingerprint density at radius 3 is 2.64 bits per heavy atom.